The molecule has 0 radical (unpaired) electrons. The molecule has 0 atom stereocenters. The summed E-state index contributed by atoms with van der Waals surface area (Å²) in [5.74, 6) is 2.59. The Bertz CT molecular complexity index is 832. The van der Waals surface area contributed by atoms with Crippen molar-refractivity contribution in [1.82, 2.24) is 29.6 Å². The van der Waals surface area contributed by atoms with Gasteiger partial charge >= 0.3 is 0 Å². The normalized spacial score (nSPS) is 14.6. The quantitative estimate of drug-likeness (QED) is 0.726. The number of hydrogen-bond donors (Lipinski definition) is 1. The number of aromatic nitrogens is 5. The second kappa shape index (κ2) is 8.26. The van der Waals surface area contributed by atoms with E-state index in [1.165, 1.54) is 0 Å². The minimum absolute atomic E-state index is 0.703. The summed E-state index contributed by atoms with van der Waals surface area (Å²) in [6, 6.07) is 10.2. The maximum absolute atomic E-state index is 4.75. The van der Waals surface area contributed by atoms with Crippen LogP contribution in [0, 0.1) is 0 Å². The molecule has 0 saturated carbocycles. The van der Waals surface area contributed by atoms with Gasteiger partial charge in [0.2, 0.25) is 5.95 Å². The second-order valence-electron chi connectivity index (χ2n) is 6.81. The maximum atomic E-state index is 4.75. The van der Waals surface area contributed by atoms with Crippen LogP contribution >= 0.6 is 0 Å². The SMILES string of the molecule is CCCNc1ncc(CN2CCc3nc(-c4ccccc4)nn3CC2)cn1. The summed E-state index contributed by atoms with van der Waals surface area (Å²) in [4.78, 5) is 16.0. The molecule has 0 unspecified atom stereocenters. The lowest BCUT2D eigenvalue weighted by molar-refractivity contribution is 0.268. The largest absolute Gasteiger partial charge is 0.354 e. The third kappa shape index (κ3) is 4.31. The summed E-state index contributed by atoms with van der Waals surface area (Å²) in [6.07, 6.45) is 5.80. The molecule has 7 nitrogen and oxygen atoms in total. The van der Waals surface area contributed by atoms with Gasteiger partial charge in [0.1, 0.15) is 5.82 Å². The van der Waals surface area contributed by atoms with E-state index in [0.717, 1.165) is 68.3 Å². The van der Waals surface area contributed by atoms with E-state index in [1.54, 1.807) is 0 Å². The van der Waals surface area contributed by atoms with Gasteiger partial charge in [-0.3, -0.25) is 4.90 Å². The number of nitrogens with zero attached hydrogens (tertiary/aromatic N) is 6. The highest BCUT2D eigenvalue weighted by molar-refractivity contribution is 5.54. The lowest BCUT2D eigenvalue weighted by Gasteiger charge is -2.19. The van der Waals surface area contributed by atoms with Crippen LogP contribution in [-0.2, 0) is 19.5 Å². The lowest BCUT2D eigenvalue weighted by atomic mass is 10.2. The molecular weight excluding hydrogens is 338 g/mol. The number of anilines is 1. The molecule has 0 bridgehead atoms. The summed E-state index contributed by atoms with van der Waals surface area (Å²) in [5.41, 5.74) is 2.21. The van der Waals surface area contributed by atoms with Crippen molar-refractivity contribution >= 4 is 5.95 Å². The molecule has 1 aromatic carbocycles. The van der Waals surface area contributed by atoms with Gasteiger partial charge in [-0.15, -0.1) is 0 Å². The first kappa shape index (κ1) is 17.6. The molecule has 140 valence electrons. The zero-order chi connectivity index (χ0) is 18.5. The molecule has 27 heavy (non-hydrogen) atoms. The van der Waals surface area contributed by atoms with Gasteiger partial charge in [-0.05, 0) is 6.42 Å². The topological polar surface area (TPSA) is 71.8 Å². The Labute approximate surface area is 159 Å². The first-order chi connectivity index (χ1) is 13.3. The lowest BCUT2D eigenvalue weighted by Crippen LogP contribution is -2.26. The van der Waals surface area contributed by atoms with E-state index in [9.17, 15) is 0 Å². The van der Waals surface area contributed by atoms with Crippen molar-refractivity contribution < 1.29 is 0 Å². The fourth-order valence-corrected chi connectivity index (χ4v) is 3.23. The van der Waals surface area contributed by atoms with Crippen LogP contribution in [0.2, 0.25) is 0 Å². The Balaban J connectivity index is 1.37. The van der Waals surface area contributed by atoms with Crippen LogP contribution in [0.25, 0.3) is 11.4 Å². The summed E-state index contributed by atoms with van der Waals surface area (Å²) in [6.45, 7) is 6.64. The zero-order valence-electron chi connectivity index (χ0n) is 15.7. The van der Waals surface area contributed by atoms with Crippen LogP contribution in [-0.4, -0.2) is 49.3 Å². The fraction of sp³-hybridized carbons (Fsp3) is 0.400. The van der Waals surface area contributed by atoms with E-state index in [-0.39, 0.29) is 0 Å². The van der Waals surface area contributed by atoms with Crippen LogP contribution in [0.3, 0.4) is 0 Å². The Kier molecular flexibility index (Phi) is 5.39. The molecule has 3 aromatic rings. The van der Waals surface area contributed by atoms with Gasteiger partial charge in [-0.25, -0.2) is 19.6 Å². The highest BCUT2D eigenvalue weighted by Gasteiger charge is 2.18. The molecule has 1 N–H and O–H groups in total. The first-order valence-corrected chi connectivity index (χ1v) is 9.58. The Morgan fingerprint density at radius 3 is 2.63 bits per heavy atom. The molecular formula is C20H25N7. The Morgan fingerprint density at radius 1 is 1.04 bits per heavy atom. The van der Waals surface area contributed by atoms with E-state index >= 15 is 0 Å². The highest BCUT2D eigenvalue weighted by Crippen LogP contribution is 2.17. The van der Waals surface area contributed by atoms with Gasteiger partial charge in [-0.2, -0.15) is 5.10 Å². The van der Waals surface area contributed by atoms with Crippen LogP contribution in [0.15, 0.2) is 42.7 Å². The summed E-state index contributed by atoms with van der Waals surface area (Å²) < 4.78 is 2.05. The minimum atomic E-state index is 0.703. The maximum Gasteiger partial charge on any atom is 0.222 e. The van der Waals surface area contributed by atoms with Crippen LogP contribution < -0.4 is 5.32 Å². The summed E-state index contributed by atoms with van der Waals surface area (Å²) >= 11 is 0. The molecule has 4 rings (SSSR count). The van der Waals surface area contributed by atoms with Crippen molar-refractivity contribution in [1.29, 1.82) is 0 Å². The van der Waals surface area contributed by atoms with Crippen LogP contribution in [0.4, 0.5) is 5.95 Å². The predicted octanol–water partition coefficient (Wildman–Crippen LogP) is 2.62. The van der Waals surface area contributed by atoms with E-state index in [2.05, 4.69) is 43.9 Å². The minimum Gasteiger partial charge on any atom is -0.354 e. The van der Waals surface area contributed by atoms with Crippen molar-refractivity contribution in [3.8, 4) is 11.4 Å². The molecule has 0 saturated heterocycles. The highest BCUT2D eigenvalue weighted by atomic mass is 15.4. The van der Waals surface area contributed by atoms with E-state index in [0.29, 0.717) is 5.95 Å². The molecule has 0 spiro atoms. The molecule has 0 fully saturated rings. The summed E-state index contributed by atoms with van der Waals surface area (Å²) in [7, 11) is 0. The van der Waals surface area contributed by atoms with Crippen molar-refractivity contribution in [2.45, 2.75) is 32.9 Å². The van der Waals surface area contributed by atoms with Crippen molar-refractivity contribution in [3.63, 3.8) is 0 Å². The molecule has 1 aliphatic rings. The molecule has 2 aromatic heterocycles. The monoisotopic (exact) mass is 363 g/mol. The van der Waals surface area contributed by atoms with Gasteiger partial charge in [0, 0.05) is 56.1 Å². The third-order valence-electron chi connectivity index (χ3n) is 4.70. The first-order valence-electron chi connectivity index (χ1n) is 9.58. The third-order valence-corrected chi connectivity index (χ3v) is 4.70. The van der Waals surface area contributed by atoms with Crippen LogP contribution in [0.1, 0.15) is 24.7 Å². The Hall–Kier alpha value is -2.80. The van der Waals surface area contributed by atoms with Gasteiger partial charge in [-0.1, -0.05) is 37.3 Å². The molecule has 0 amide bonds. The average molecular weight is 363 g/mol. The van der Waals surface area contributed by atoms with Crippen molar-refractivity contribution in [3.05, 3.63) is 54.1 Å². The van der Waals surface area contributed by atoms with E-state index < -0.39 is 0 Å². The number of nitrogens with one attached hydrogen (secondary N) is 1. The van der Waals surface area contributed by atoms with Crippen LogP contribution in [0.5, 0.6) is 0 Å². The average Bonchev–Trinajstić information content (AvgIpc) is 3.04. The zero-order valence-corrected chi connectivity index (χ0v) is 15.7. The standard InChI is InChI=1S/C20H25N7/c1-2-9-21-20-22-13-16(14-23-20)15-26-10-8-18-24-19(25-27(18)12-11-26)17-6-4-3-5-7-17/h3-7,13-14H,2,8-12,15H2,1H3,(H,21,22,23). The van der Waals surface area contributed by atoms with Gasteiger partial charge < -0.3 is 5.32 Å². The second-order valence-corrected chi connectivity index (χ2v) is 6.81. The number of benzene rings is 1. The predicted molar refractivity (Wildman–Crippen MR) is 105 cm³/mol. The molecule has 0 aliphatic carbocycles. The van der Waals surface area contributed by atoms with E-state index in [4.69, 9.17) is 10.1 Å². The number of rotatable bonds is 6. The smallest absolute Gasteiger partial charge is 0.222 e. The molecule has 3 heterocycles. The molecule has 1 aliphatic heterocycles. The number of hydrogen-bond acceptors (Lipinski definition) is 6. The summed E-state index contributed by atoms with van der Waals surface area (Å²) in [5, 5.41) is 7.92. The molecule has 7 heteroatoms. The van der Waals surface area contributed by atoms with Gasteiger partial charge in [0.05, 0.1) is 6.54 Å². The van der Waals surface area contributed by atoms with Crippen molar-refractivity contribution in [2.75, 3.05) is 25.0 Å². The fourth-order valence-electron chi connectivity index (χ4n) is 3.23. The van der Waals surface area contributed by atoms with Gasteiger partial charge in [0.25, 0.3) is 0 Å². The van der Waals surface area contributed by atoms with E-state index in [1.807, 2.05) is 30.6 Å². The van der Waals surface area contributed by atoms with Gasteiger partial charge in [0.15, 0.2) is 5.82 Å². The number of fused-ring (bicyclic) bond motifs is 1. The Morgan fingerprint density at radius 2 is 1.85 bits per heavy atom. The van der Waals surface area contributed by atoms with Crippen molar-refractivity contribution in [2.24, 2.45) is 0 Å².